The van der Waals surface area contributed by atoms with Crippen LogP contribution in [-0.4, -0.2) is 16.2 Å². The molecule has 3 nitrogen and oxygen atoms in total. The maximum atomic E-state index is 10.7. The SMILES string of the molecule is CC(C)(C)c1cc(C=CC(=O)O)cc(C(C)(C)C)c1O.CCCCCCCCCCCCCCCCCC. The highest BCUT2D eigenvalue weighted by atomic mass is 16.4. The molecule has 1 aromatic carbocycles. The lowest BCUT2D eigenvalue weighted by atomic mass is 9.78. The van der Waals surface area contributed by atoms with Gasteiger partial charge in [0.25, 0.3) is 0 Å². The summed E-state index contributed by atoms with van der Waals surface area (Å²) in [5.41, 5.74) is 2.03. The number of hydrogen-bond donors (Lipinski definition) is 2. The molecular weight excluding hydrogens is 468 g/mol. The van der Waals surface area contributed by atoms with Crippen molar-refractivity contribution < 1.29 is 15.0 Å². The molecule has 0 aromatic heterocycles. The van der Waals surface area contributed by atoms with E-state index < -0.39 is 5.97 Å². The molecule has 0 aliphatic rings. The molecule has 0 aliphatic heterocycles. The smallest absolute Gasteiger partial charge is 0.328 e. The van der Waals surface area contributed by atoms with E-state index in [-0.39, 0.29) is 10.8 Å². The first-order chi connectivity index (χ1) is 17.8. The van der Waals surface area contributed by atoms with Crippen LogP contribution in [0.15, 0.2) is 18.2 Å². The zero-order valence-electron chi connectivity index (χ0n) is 26.4. The summed E-state index contributed by atoms with van der Waals surface area (Å²) in [4.78, 5) is 10.7. The van der Waals surface area contributed by atoms with Crippen LogP contribution in [0.5, 0.6) is 5.75 Å². The largest absolute Gasteiger partial charge is 0.507 e. The summed E-state index contributed by atoms with van der Waals surface area (Å²) >= 11 is 0. The van der Waals surface area contributed by atoms with Crippen molar-refractivity contribution in [2.24, 2.45) is 0 Å². The van der Waals surface area contributed by atoms with Crippen LogP contribution in [0.2, 0.25) is 0 Å². The van der Waals surface area contributed by atoms with Crippen molar-refractivity contribution in [3.8, 4) is 5.75 Å². The van der Waals surface area contributed by atoms with Crippen LogP contribution < -0.4 is 0 Å². The maximum absolute atomic E-state index is 10.7. The number of aromatic hydroxyl groups is 1. The Labute approximate surface area is 236 Å². The molecule has 1 aromatic rings. The monoisotopic (exact) mass is 530 g/mol. The zero-order valence-corrected chi connectivity index (χ0v) is 26.4. The molecule has 0 aliphatic carbocycles. The van der Waals surface area contributed by atoms with Crippen molar-refractivity contribution in [3.63, 3.8) is 0 Å². The van der Waals surface area contributed by atoms with Gasteiger partial charge >= 0.3 is 5.97 Å². The Morgan fingerprint density at radius 3 is 1.16 bits per heavy atom. The lowest BCUT2D eigenvalue weighted by molar-refractivity contribution is -0.131. The Morgan fingerprint density at radius 1 is 0.632 bits per heavy atom. The number of carboxylic acids is 1. The number of aliphatic carboxylic acids is 1. The number of phenolic OH excluding ortho intramolecular Hbond substituents is 1. The third-order valence-corrected chi connectivity index (χ3v) is 7.12. The standard InChI is InChI=1S/C18H38.C17H24O3/c1-3-5-7-9-11-13-15-17-18-16-14-12-10-8-6-4-2;1-16(2,3)12-9-11(7-8-14(18)19)10-13(15(12)20)17(4,5)6/h3-18H2,1-2H3;7-10,20H,1-6H3,(H,18,19). The minimum atomic E-state index is -0.979. The van der Waals surface area contributed by atoms with Crippen LogP contribution in [0, 0.1) is 0 Å². The fourth-order valence-electron chi connectivity index (χ4n) is 4.69. The van der Waals surface area contributed by atoms with Crippen molar-refractivity contribution in [2.45, 2.75) is 169 Å². The van der Waals surface area contributed by atoms with Gasteiger partial charge < -0.3 is 10.2 Å². The average molecular weight is 531 g/mol. The van der Waals surface area contributed by atoms with Gasteiger partial charge in [-0.1, -0.05) is 158 Å². The highest BCUT2D eigenvalue weighted by Gasteiger charge is 2.26. The van der Waals surface area contributed by atoms with Gasteiger partial charge in [0.05, 0.1) is 0 Å². The quantitative estimate of drug-likeness (QED) is 0.155. The van der Waals surface area contributed by atoms with Gasteiger partial charge in [-0.2, -0.15) is 0 Å². The molecule has 0 saturated heterocycles. The minimum Gasteiger partial charge on any atom is -0.507 e. The van der Waals surface area contributed by atoms with Crippen molar-refractivity contribution in [3.05, 3.63) is 34.9 Å². The highest BCUT2D eigenvalue weighted by Crippen LogP contribution is 2.40. The van der Waals surface area contributed by atoms with Crippen LogP contribution in [0.1, 0.15) is 175 Å². The van der Waals surface area contributed by atoms with Crippen molar-refractivity contribution in [1.82, 2.24) is 0 Å². The van der Waals surface area contributed by atoms with E-state index in [9.17, 15) is 9.90 Å². The van der Waals surface area contributed by atoms with E-state index in [2.05, 4.69) is 13.8 Å². The number of benzene rings is 1. The Bertz CT molecular complexity index is 726. The number of hydrogen-bond acceptors (Lipinski definition) is 2. The van der Waals surface area contributed by atoms with Gasteiger partial charge in [0.15, 0.2) is 0 Å². The predicted molar refractivity (Wildman–Crippen MR) is 167 cm³/mol. The second kappa shape index (κ2) is 20.2. The van der Waals surface area contributed by atoms with Crippen LogP contribution in [0.4, 0.5) is 0 Å². The molecule has 220 valence electrons. The number of carboxylic acid groups (broad SMARTS) is 1. The number of phenols is 1. The van der Waals surface area contributed by atoms with E-state index >= 15 is 0 Å². The number of rotatable bonds is 17. The molecular formula is C35H62O3. The number of carbonyl (C=O) groups is 1. The van der Waals surface area contributed by atoms with E-state index in [0.717, 1.165) is 22.8 Å². The Hall–Kier alpha value is -1.77. The lowest BCUT2D eigenvalue weighted by Crippen LogP contribution is -2.17. The fraction of sp³-hybridized carbons (Fsp3) is 0.743. The Morgan fingerprint density at radius 2 is 0.921 bits per heavy atom. The first kappa shape index (κ1) is 36.2. The van der Waals surface area contributed by atoms with Crippen LogP contribution in [-0.2, 0) is 15.6 Å². The molecule has 0 spiro atoms. The van der Waals surface area contributed by atoms with Crippen molar-refractivity contribution >= 4 is 12.0 Å². The lowest BCUT2D eigenvalue weighted by Gasteiger charge is -2.27. The summed E-state index contributed by atoms with van der Waals surface area (Å²) in [6.45, 7) is 16.7. The molecule has 0 radical (unpaired) electrons. The van der Waals surface area contributed by atoms with Crippen LogP contribution in [0.3, 0.4) is 0 Å². The topological polar surface area (TPSA) is 57.5 Å². The van der Waals surface area contributed by atoms with E-state index in [4.69, 9.17) is 5.11 Å². The summed E-state index contributed by atoms with van der Waals surface area (Å²) in [5, 5.41) is 19.3. The molecule has 0 amide bonds. The minimum absolute atomic E-state index is 0.211. The second-order valence-electron chi connectivity index (χ2n) is 13.1. The highest BCUT2D eigenvalue weighted by molar-refractivity contribution is 5.85. The molecule has 0 heterocycles. The molecule has 2 N–H and O–H groups in total. The molecule has 0 atom stereocenters. The van der Waals surface area contributed by atoms with E-state index in [1.165, 1.54) is 103 Å². The van der Waals surface area contributed by atoms with Gasteiger partial charge in [-0.15, -0.1) is 0 Å². The Kier molecular flexibility index (Phi) is 19.2. The van der Waals surface area contributed by atoms with E-state index in [0.29, 0.717) is 5.75 Å². The van der Waals surface area contributed by atoms with Gasteiger partial charge in [0.2, 0.25) is 0 Å². The third kappa shape index (κ3) is 17.7. The summed E-state index contributed by atoms with van der Waals surface area (Å²) in [6, 6.07) is 3.70. The maximum Gasteiger partial charge on any atom is 0.328 e. The average Bonchev–Trinajstić information content (AvgIpc) is 2.82. The predicted octanol–water partition coefficient (Wildman–Crippen LogP) is 11.4. The van der Waals surface area contributed by atoms with Crippen LogP contribution >= 0.6 is 0 Å². The second-order valence-corrected chi connectivity index (χ2v) is 13.1. The molecule has 0 saturated carbocycles. The summed E-state index contributed by atoms with van der Waals surface area (Å²) < 4.78 is 0. The van der Waals surface area contributed by atoms with Crippen molar-refractivity contribution in [1.29, 1.82) is 0 Å². The van der Waals surface area contributed by atoms with Gasteiger partial charge in [0, 0.05) is 17.2 Å². The van der Waals surface area contributed by atoms with Gasteiger partial charge in [0.1, 0.15) is 5.75 Å². The zero-order chi connectivity index (χ0) is 29.0. The van der Waals surface area contributed by atoms with Crippen molar-refractivity contribution in [2.75, 3.05) is 0 Å². The van der Waals surface area contributed by atoms with Gasteiger partial charge in [-0.25, -0.2) is 4.79 Å². The van der Waals surface area contributed by atoms with Gasteiger partial charge in [-0.05, 0) is 34.6 Å². The van der Waals surface area contributed by atoms with Gasteiger partial charge in [-0.3, -0.25) is 0 Å². The summed E-state index contributed by atoms with van der Waals surface area (Å²) in [5.74, 6) is -0.676. The van der Waals surface area contributed by atoms with E-state index in [1.807, 2.05) is 53.7 Å². The first-order valence-corrected chi connectivity index (χ1v) is 15.6. The molecule has 0 bridgehead atoms. The Balaban J connectivity index is 0.000000726. The molecule has 3 heteroatoms. The molecule has 0 fully saturated rings. The third-order valence-electron chi connectivity index (χ3n) is 7.12. The number of unbranched alkanes of at least 4 members (excludes halogenated alkanes) is 15. The molecule has 0 unspecified atom stereocenters. The molecule has 38 heavy (non-hydrogen) atoms. The fourth-order valence-corrected chi connectivity index (χ4v) is 4.69. The first-order valence-electron chi connectivity index (χ1n) is 15.6. The van der Waals surface area contributed by atoms with E-state index in [1.54, 1.807) is 6.08 Å². The normalized spacial score (nSPS) is 12.0. The summed E-state index contributed by atoms with van der Waals surface area (Å²) in [6.07, 6.45) is 26.1. The van der Waals surface area contributed by atoms with Crippen LogP contribution in [0.25, 0.3) is 6.08 Å². The summed E-state index contributed by atoms with van der Waals surface area (Å²) in [7, 11) is 0. The molecule has 1 rings (SSSR count).